The highest BCUT2D eigenvalue weighted by Crippen LogP contribution is 2.28. The first-order valence-electron chi connectivity index (χ1n) is 11.3. The molecule has 1 aromatic carbocycles. The van der Waals surface area contributed by atoms with Crippen LogP contribution in [0.3, 0.4) is 0 Å². The first-order valence-corrected chi connectivity index (χ1v) is 11.3. The van der Waals surface area contributed by atoms with Gasteiger partial charge in [-0.05, 0) is 42.7 Å². The lowest BCUT2D eigenvalue weighted by Crippen LogP contribution is -2.25. The third kappa shape index (κ3) is 4.81. The molecule has 0 bridgehead atoms. The number of rotatable bonds is 5. The van der Waals surface area contributed by atoms with E-state index in [0.29, 0.717) is 43.0 Å². The van der Waals surface area contributed by atoms with E-state index in [9.17, 15) is 14.4 Å². The van der Waals surface area contributed by atoms with E-state index in [1.165, 1.54) is 10.6 Å². The molecular formula is C25H24N6O4. The fourth-order valence-corrected chi connectivity index (χ4v) is 4.15. The van der Waals surface area contributed by atoms with Crippen molar-refractivity contribution in [3.05, 3.63) is 86.9 Å². The Morgan fingerprint density at radius 1 is 1.17 bits per heavy atom. The minimum absolute atomic E-state index is 0.0000278. The van der Waals surface area contributed by atoms with E-state index in [1.54, 1.807) is 32.3 Å². The summed E-state index contributed by atoms with van der Waals surface area (Å²) >= 11 is 0. The predicted octanol–water partition coefficient (Wildman–Crippen LogP) is 2.16. The molecule has 0 spiro atoms. The predicted molar refractivity (Wildman–Crippen MR) is 128 cm³/mol. The topological polar surface area (TPSA) is 128 Å². The van der Waals surface area contributed by atoms with Crippen molar-refractivity contribution in [1.82, 2.24) is 19.9 Å². The van der Waals surface area contributed by atoms with Crippen molar-refractivity contribution in [2.45, 2.75) is 38.8 Å². The van der Waals surface area contributed by atoms with Gasteiger partial charge < -0.3 is 20.0 Å². The molecule has 2 aliphatic rings. The number of nitrogens with zero attached hydrogens (tertiary/aromatic N) is 4. The maximum atomic E-state index is 12.9. The molecule has 178 valence electrons. The number of pyridine rings is 1. The lowest BCUT2D eigenvalue weighted by molar-refractivity contribution is -0.116. The Balaban J connectivity index is 1.27. The van der Waals surface area contributed by atoms with E-state index < -0.39 is 0 Å². The highest BCUT2D eigenvalue weighted by atomic mass is 16.6. The van der Waals surface area contributed by atoms with Gasteiger partial charge in [-0.2, -0.15) is 0 Å². The number of fused-ring (bicyclic) bond motifs is 1. The average Bonchev–Trinajstić information content (AvgIpc) is 3.34. The average molecular weight is 473 g/mol. The molecule has 0 saturated carbocycles. The van der Waals surface area contributed by atoms with Crippen LogP contribution in [0, 0.1) is 6.92 Å². The summed E-state index contributed by atoms with van der Waals surface area (Å²) in [6.45, 7) is 2.01. The second-order valence-electron chi connectivity index (χ2n) is 8.66. The van der Waals surface area contributed by atoms with E-state index >= 15 is 0 Å². The fraction of sp³-hybridized carbons (Fsp3) is 0.280. The number of hydrogen-bond donors (Lipinski definition) is 2. The van der Waals surface area contributed by atoms with Crippen LogP contribution < -0.4 is 16.2 Å². The lowest BCUT2D eigenvalue weighted by atomic mass is 10.0. The molecule has 0 saturated heterocycles. The van der Waals surface area contributed by atoms with Crippen LogP contribution in [0.2, 0.25) is 0 Å². The molecule has 4 heterocycles. The molecule has 2 amide bonds. The van der Waals surface area contributed by atoms with Crippen molar-refractivity contribution in [3.8, 4) is 0 Å². The number of nitrogens with one attached hydrogen (secondary N) is 2. The van der Waals surface area contributed by atoms with Crippen molar-refractivity contribution in [2.24, 2.45) is 12.2 Å². The fourth-order valence-electron chi connectivity index (χ4n) is 4.15. The maximum Gasteiger partial charge on any atom is 0.270 e. The Morgan fingerprint density at radius 2 is 2.03 bits per heavy atom. The minimum atomic E-state index is -0.340. The molecule has 10 heteroatoms. The number of carbonyl (C=O) groups is 2. The molecule has 1 unspecified atom stereocenters. The first kappa shape index (κ1) is 22.5. The molecule has 5 rings (SSSR count). The molecule has 2 aromatic heterocycles. The Kier molecular flexibility index (Phi) is 5.86. The molecular weight excluding hydrogens is 448 g/mol. The zero-order valence-corrected chi connectivity index (χ0v) is 19.4. The van der Waals surface area contributed by atoms with E-state index in [4.69, 9.17) is 4.84 Å². The smallest absolute Gasteiger partial charge is 0.270 e. The van der Waals surface area contributed by atoms with Gasteiger partial charge in [0.05, 0.1) is 5.69 Å². The quantitative estimate of drug-likeness (QED) is 0.586. The zero-order valence-electron chi connectivity index (χ0n) is 19.4. The number of aryl methyl sites for hydroxylation is 3. The monoisotopic (exact) mass is 472 g/mol. The van der Waals surface area contributed by atoms with Crippen molar-refractivity contribution < 1.29 is 14.4 Å². The summed E-state index contributed by atoms with van der Waals surface area (Å²) in [6.07, 6.45) is 3.04. The summed E-state index contributed by atoms with van der Waals surface area (Å²) in [7, 11) is 1.68. The van der Waals surface area contributed by atoms with Gasteiger partial charge in [0.15, 0.2) is 6.10 Å². The Bertz CT molecular complexity index is 1430. The standard InChI is InChI=1S/C25H24N6O4/c1-14-27-19(20-11-22(35-30-20)17-6-8-24(33)31(2)13-17)10-21(28-14)25(34)26-12-15-3-4-16-5-7-23(32)29-18(16)9-15/h3-4,6,8-10,13,22H,5,7,11-12H2,1-2H3,(H,26,34)(H,29,32). The van der Waals surface area contributed by atoms with Gasteiger partial charge in [0.2, 0.25) is 11.5 Å². The number of oxime groups is 1. The van der Waals surface area contributed by atoms with Crippen LogP contribution >= 0.6 is 0 Å². The minimum Gasteiger partial charge on any atom is -0.387 e. The molecule has 0 fully saturated rings. The van der Waals surface area contributed by atoms with Crippen LogP contribution in [-0.2, 0) is 29.6 Å². The second kappa shape index (κ2) is 9.13. The highest BCUT2D eigenvalue weighted by Gasteiger charge is 2.26. The lowest BCUT2D eigenvalue weighted by Gasteiger charge is -2.17. The SMILES string of the molecule is Cc1nc(C(=O)NCc2ccc3c(c2)NC(=O)CC3)cc(C2=NOC(c3ccc(=O)n(C)c3)C2)n1. The summed E-state index contributed by atoms with van der Waals surface area (Å²) < 4.78 is 1.49. The first-order chi connectivity index (χ1) is 16.9. The molecule has 2 aliphatic heterocycles. The van der Waals surface area contributed by atoms with E-state index in [-0.39, 0.29) is 29.2 Å². The maximum absolute atomic E-state index is 12.9. The van der Waals surface area contributed by atoms with E-state index in [2.05, 4.69) is 25.8 Å². The molecule has 1 atom stereocenters. The molecule has 0 radical (unpaired) electrons. The normalized spacial score (nSPS) is 16.7. The number of benzene rings is 1. The Hall–Kier alpha value is -4.34. The third-order valence-corrected chi connectivity index (χ3v) is 6.04. The summed E-state index contributed by atoms with van der Waals surface area (Å²) in [6, 6.07) is 10.6. The van der Waals surface area contributed by atoms with Crippen LogP contribution in [-0.4, -0.2) is 32.1 Å². The molecule has 10 nitrogen and oxygen atoms in total. The van der Waals surface area contributed by atoms with Gasteiger partial charge in [-0.1, -0.05) is 17.3 Å². The molecule has 0 aliphatic carbocycles. The largest absolute Gasteiger partial charge is 0.387 e. The van der Waals surface area contributed by atoms with Crippen LogP contribution in [0.1, 0.15) is 57.6 Å². The number of amides is 2. The number of carbonyl (C=O) groups excluding carboxylic acids is 2. The van der Waals surface area contributed by atoms with Gasteiger partial charge in [-0.15, -0.1) is 0 Å². The zero-order chi connectivity index (χ0) is 24.5. The third-order valence-electron chi connectivity index (χ3n) is 6.04. The number of aromatic nitrogens is 3. The van der Waals surface area contributed by atoms with Gasteiger partial charge in [0.25, 0.3) is 5.91 Å². The Morgan fingerprint density at radius 3 is 2.86 bits per heavy atom. The van der Waals surface area contributed by atoms with Crippen molar-refractivity contribution >= 4 is 23.2 Å². The number of hydrogen-bond acceptors (Lipinski definition) is 7. The van der Waals surface area contributed by atoms with Gasteiger partial charge in [-0.25, -0.2) is 9.97 Å². The highest BCUT2D eigenvalue weighted by molar-refractivity contribution is 6.02. The van der Waals surface area contributed by atoms with E-state index in [1.807, 2.05) is 18.2 Å². The van der Waals surface area contributed by atoms with Crippen LogP contribution in [0.4, 0.5) is 5.69 Å². The van der Waals surface area contributed by atoms with Crippen LogP contribution in [0.15, 0.2) is 52.5 Å². The summed E-state index contributed by atoms with van der Waals surface area (Å²) in [5, 5.41) is 9.92. The van der Waals surface area contributed by atoms with E-state index in [0.717, 1.165) is 22.4 Å². The van der Waals surface area contributed by atoms with Crippen molar-refractivity contribution in [3.63, 3.8) is 0 Å². The number of anilines is 1. The summed E-state index contributed by atoms with van der Waals surface area (Å²) in [4.78, 5) is 50.5. The molecule has 35 heavy (non-hydrogen) atoms. The summed E-state index contributed by atoms with van der Waals surface area (Å²) in [5.41, 5.74) is 4.84. The van der Waals surface area contributed by atoms with Crippen molar-refractivity contribution in [2.75, 3.05) is 5.32 Å². The molecule has 2 N–H and O–H groups in total. The van der Waals surface area contributed by atoms with Crippen LogP contribution in [0.25, 0.3) is 0 Å². The van der Waals surface area contributed by atoms with Gasteiger partial charge in [-0.3, -0.25) is 14.4 Å². The van der Waals surface area contributed by atoms with Gasteiger partial charge >= 0.3 is 0 Å². The second-order valence-corrected chi connectivity index (χ2v) is 8.66. The van der Waals surface area contributed by atoms with Crippen LogP contribution in [0.5, 0.6) is 0 Å². The Labute approximate surface area is 201 Å². The molecule has 3 aromatic rings. The summed E-state index contributed by atoms with van der Waals surface area (Å²) in [5.74, 6) is 0.102. The van der Waals surface area contributed by atoms with Crippen molar-refractivity contribution in [1.29, 1.82) is 0 Å². The van der Waals surface area contributed by atoms with Gasteiger partial charge in [0.1, 0.15) is 17.2 Å². The van der Waals surface area contributed by atoms with Gasteiger partial charge in [0, 0.05) is 49.9 Å².